The quantitative estimate of drug-likeness (QED) is 0.627. The van der Waals surface area contributed by atoms with E-state index < -0.39 is 14.0 Å². The minimum Gasteiger partial charge on any atom is -0.324 e. The van der Waals surface area contributed by atoms with Gasteiger partial charge >= 0.3 is 0 Å². The highest BCUT2D eigenvalue weighted by atomic mass is 31.2. The Morgan fingerprint density at radius 3 is 1.67 bits per heavy atom. The number of rotatable bonds is 3. The summed E-state index contributed by atoms with van der Waals surface area (Å²) < 4.78 is 13.0. The molecule has 0 amide bonds. The maximum absolute atomic E-state index is 6.66. The van der Waals surface area contributed by atoms with Crippen molar-refractivity contribution in [2.75, 3.05) is 0 Å². The Kier molecular flexibility index (Phi) is 4.20. The van der Waals surface area contributed by atoms with Gasteiger partial charge in [-0.25, -0.2) is 0 Å². The first-order chi connectivity index (χ1) is 11.8. The standard InChI is InChI=1S/C21H19O2P/c1-17-21(18-11-5-2-6-12-18,19-13-7-3-8-14-19)23-24(22-17)20-15-9-4-10-16-20/h2-17H,1H3. The van der Waals surface area contributed by atoms with Crippen LogP contribution in [0.3, 0.4) is 0 Å². The van der Waals surface area contributed by atoms with Crippen molar-refractivity contribution in [2.45, 2.75) is 18.6 Å². The molecule has 1 fully saturated rings. The van der Waals surface area contributed by atoms with Gasteiger partial charge in [-0.2, -0.15) is 0 Å². The molecule has 2 atom stereocenters. The summed E-state index contributed by atoms with van der Waals surface area (Å²) in [5.74, 6) is 0. The van der Waals surface area contributed by atoms with Gasteiger partial charge in [-0.3, -0.25) is 0 Å². The first-order valence-corrected chi connectivity index (χ1v) is 9.30. The van der Waals surface area contributed by atoms with E-state index in [4.69, 9.17) is 9.05 Å². The molecular formula is C21H19O2P. The van der Waals surface area contributed by atoms with Crippen LogP contribution in [0.1, 0.15) is 18.1 Å². The van der Waals surface area contributed by atoms with E-state index in [-0.39, 0.29) is 6.10 Å². The maximum atomic E-state index is 6.66. The molecule has 1 aliphatic heterocycles. The monoisotopic (exact) mass is 334 g/mol. The minimum atomic E-state index is -1.11. The fourth-order valence-corrected chi connectivity index (χ4v) is 4.96. The van der Waals surface area contributed by atoms with Crippen molar-refractivity contribution in [1.29, 1.82) is 0 Å². The lowest BCUT2D eigenvalue weighted by atomic mass is 9.82. The summed E-state index contributed by atoms with van der Waals surface area (Å²) in [7, 11) is -1.11. The van der Waals surface area contributed by atoms with Gasteiger partial charge in [0.2, 0.25) is 8.38 Å². The second-order valence-corrected chi connectivity index (χ2v) is 7.32. The number of benzene rings is 3. The second kappa shape index (κ2) is 6.49. The van der Waals surface area contributed by atoms with E-state index in [1.165, 1.54) is 0 Å². The third-order valence-corrected chi connectivity index (χ3v) is 6.11. The zero-order valence-corrected chi connectivity index (χ0v) is 14.4. The van der Waals surface area contributed by atoms with Gasteiger partial charge in [0.05, 0.1) is 6.10 Å². The molecule has 2 unspecified atom stereocenters. The molecule has 0 radical (unpaired) electrons. The summed E-state index contributed by atoms with van der Waals surface area (Å²) in [5, 5.41) is 1.10. The molecule has 0 spiro atoms. The van der Waals surface area contributed by atoms with Crippen molar-refractivity contribution in [1.82, 2.24) is 0 Å². The van der Waals surface area contributed by atoms with Crippen molar-refractivity contribution in [3.63, 3.8) is 0 Å². The van der Waals surface area contributed by atoms with Crippen molar-refractivity contribution >= 4 is 13.7 Å². The van der Waals surface area contributed by atoms with Crippen molar-refractivity contribution < 1.29 is 9.05 Å². The molecule has 3 aromatic carbocycles. The van der Waals surface area contributed by atoms with Gasteiger partial charge in [0.15, 0.2) is 5.60 Å². The lowest BCUT2D eigenvalue weighted by Gasteiger charge is -2.31. The van der Waals surface area contributed by atoms with E-state index in [0.29, 0.717) is 0 Å². The first kappa shape index (κ1) is 15.5. The topological polar surface area (TPSA) is 18.5 Å². The molecule has 24 heavy (non-hydrogen) atoms. The smallest absolute Gasteiger partial charge is 0.206 e. The number of hydrogen-bond acceptors (Lipinski definition) is 2. The molecule has 0 bridgehead atoms. The predicted molar refractivity (Wildman–Crippen MR) is 98.3 cm³/mol. The zero-order valence-electron chi connectivity index (χ0n) is 13.5. The summed E-state index contributed by atoms with van der Waals surface area (Å²) in [6.07, 6.45) is -0.0754. The van der Waals surface area contributed by atoms with E-state index in [1.807, 2.05) is 30.3 Å². The maximum Gasteiger partial charge on any atom is 0.206 e. The molecule has 2 nitrogen and oxygen atoms in total. The highest BCUT2D eigenvalue weighted by Crippen LogP contribution is 2.58. The predicted octanol–water partition coefficient (Wildman–Crippen LogP) is 5.00. The van der Waals surface area contributed by atoms with Crippen LogP contribution in [0.25, 0.3) is 0 Å². The average Bonchev–Trinajstić information content (AvgIpc) is 3.02. The van der Waals surface area contributed by atoms with Crippen molar-refractivity contribution in [3.05, 3.63) is 102 Å². The molecule has 1 heterocycles. The Morgan fingerprint density at radius 1 is 0.708 bits per heavy atom. The van der Waals surface area contributed by atoms with Crippen LogP contribution in [0.4, 0.5) is 0 Å². The summed E-state index contributed by atoms with van der Waals surface area (Å²) in [4.78, 5) is 0. The minimum absolute atomic E-state index is 0.0754. The molecular weight excluding hydrogens is 315 g/mol. The third-order valence-electron chi connectivity index (χ3n) is 4.43. The molecule has 1 saturated heterocycles. The lowest BCUT2D eigenvalue weighted by molar-refractivity contribution is 0.0859. The van der Waals surface area contributed by atoms with Gasteiger partial charge in [-0.05, 0) is 30.2 Å². The third kappa shape index (κ3) is 2.57. The van der Waals surface area contributed by atoms with Gasteiger partial charge in [0.25, 0.3) is 0 Å². The molecule has 120 valence electrons. The lowest BCUT2D eigenvalue weighted by Crippen LogP contribution is -2.36. The SMILES string of the molecule is CC1OP(c2ccccc2)OC1(c1ccccc1)c1ccccc1. The van der Waals surface area contributed by atoms with Crippen LogP contribution in [0, 0.1) is 0 Å². The van der Waals surface area contributed by atoms with Crippen LogP contribution in [0.2, 0.25) is 0 Å². The normalized spacial score (nSPS) is 22.4. The molecule has 0 aromatic heterocycles. The van der Waals surface area contributed by atoms with Gasteiger partial charge in [0.1, 0.15) is 0 Å². The Balaban J connectivity index is 1.83. The zero-order chi connectivity index (χ0) is 16.4. The Bertz CT molecular complexity index is 750. The van der Waals surface area contributed by atoms with Crippen molar-refractivity contribution in [3.8, 4) is 0 Å². The Labute approximate surface area is 144 Å². The Morgan fingerprint density at radius 2 is 1.17 bits per heavy atom. The summed E-state index contributed by atoms with van der Waals surface area (Å²) in [6, 6.07) is 31.0. The highest BCUT2D eigenvalue weighted by Gasteiger charge is 2.51. The average molecular weight is 334 g/mol. The second-order valence-electron chi connectivity index (χ2n) is 5.90. The van der Waals surface area contributed by atoms with Crippen molar-refractivity contribution in [2.24, 2.45) is 0 Å². The molecule has 4 rings (SSSR count). The van der Waals surface area contributed by atoms with Crippen LogP contribution < -0.4 is 5.30 Å². The summed E-state index contributed by atoms with van der Waals surface area (Å²) in [6.45, 7) is 2.10. The molecule has 3 heteroatoms. The van der Waals surface area contributed by atoms with E-state index in [2.05, 4.69) is 67.6 Å². The van der Waals surface area contributed by atoms with Crippen LogP contribution in [-0.2, 0) is 14.6 Å². The summed E-state index contributed by atoms with van der Waals surface area (Å²) >= 11 is 0. The van der Waals surface area contributed by atoms with Gasteiger partial charge in [0, 0.05) is 5.30 Å². The van der Waals surface area contributed by atoms with Gasteiger partial charge in [-0.15, -0.1) is 0 Å². The fourth-order valence-electron chi connectivity index (χ4n) is 3.22. The molecule has 1 aliphatic rings. The van der Waals surface area contributed by atoms with E-state index in [0.717, 1.165) is 16.4 Å². The van der Waals surface area contributed by atoms with E-state index in [1.54, 1.807) is 0 Å². The van der Waals surface area contributed by atoms with Crippen LogP contribution in [0.15, 0.2) is 91.0 Å². The van der Waals surface area contributed by atoms with Crippen LogP contribution in [-0.4, -0.2) is 6.10 Å². The molecule has 0 N–H and O–H groups in total. The Hall–Kier alpha value is -1.99. The van der Waals surface area contributed by atoms with E-state index >= 15 is 0 Å². The number of hydrogen-bond donors (Lipinski definition) is 0. The fraction of sp³-hybridized carbons (Fsp3) is 0.143. The van der Waals surface area contributed by atoms with Crippen LogP contribution in [0.5, 0.6) is 0 Å². The largest absolute Gasteiger partial charge is 0.324 e. The highest BCUT2D eigenvalue weighted by molar-refractivity contribution is 7.56. The van der Waals surface area contributed by atoms with Crippen LogP contribution >= 0.6 is 8.38 Å². The van der Waals surface area contributed by atoms with E-state index in [9.17, 15) is 0 Å². The molecule has 0 aliphatic carbocycles. The summed E-state index contributed by atoms with van der Waals surface area (Å²) in [5.41, 5.74) is 1.68. The molecule has 0 saturated carbocycles. The molecule has 3 aromatic rings. The van der Waals surface area contributed by atoms with Gasteiger partial charge < -0.3 is 9.05 Å². The first-order valence-electron chi connectivity index (χ1n) is 8.13. The van der Waals surface area contributed by atoms with Gasteiger partial charge in [-0.1, -0.05) is 78.9 Å².